The maximum Gasteiger partial charge on any atom is 0.294 e. The van der Waals surface area contributed by atoms with Gasteiger partial charge in [0, 0.05) is 13.2 Å². The van der Waals surface area contributed by atoms with Gasteiger partial charge in [-0.25, -0.2) is 0 Å². The van der Waals surface area contributed by atoms with Gasteiger partial charge in [0.2, 0.25) is 0 Å². The van der Waals surface area contributed by atoms with Gasteiger partial charge in [-0.3, -0.25) is 0 Å². The molecule has 0 atom stereocenters. The molecule has 0 spiro atoms. The van der Waals surface area contributed by atoms with Gasteiger partial charge in [0.15, 0.2) is 0 Å². The summed E-state index contributed by atoms with van der Waals surface area (Å²) in [5.41, 5.74) is 0. The third-order valence-corrected chi connectivity index (χ3v) is 2.92. The fourth-order valence-corrected chi connectivity index (χ4v) is 1.76. The first kappa shape index (κ1) is 10.8. The van der Waals surface area contributed by atoms with Crippen LogP contribution >= 0.6 is 11.3 Å². The molecule has 0 radical (unpaired) electrons. The van der Waals surface area contributed by atoms with Crippen molar-refractivity contribution in [3.63, 3.8) is 0 Å². The Hall–Kier alpha value is -0.720. The van der Waals surface area contributed by atoms with E-state index in [9.17, 15) is 0 Å². The van der Waals surface area contributed by atoms with E-state index in [0.29, 0.717) is 24.4 Å². The molecule has 2 rings (SSSR count). The predicted octanol–water partition coefficient (Wildman–Crippen LogP) is 0.815. The van der Waals surface area contributed by atoms with Crippen LogP contribution in [0.1, 0.15) is 17.8 Å². The van der Waals surface area contributed by atoms with E-state index in [1.807, 2.05) is 0 Å². The zero-order valence-corrected chi connectivity index (χ0v) is 9.55. The summed E-state index contributed by atoms with van der Waals surface area (Å²) >= 11 is 1.49. The van der Waals surface area contributed by atoms with Gasteiger partial charge in [0.1, 0.15) is 11.6 Å². The summed E-state index contributed by atoms with van der Waals surface area (Å²) in [5.74, 6) is 0. The van der Waals surface area contributed by atoms with Gasteiger partial charge in [-0.1, -0.05) is 11.3 Å². The van der Waals surface area contributed by atoms with Crippen LogP contribution in [0, 0.1) is 0 Å². The first-order chi connectivity index (χ1) is 7.38. The molecule has 0 unspecified atom stereocenters. The molecule has 1 aromatic heterocycles. The Morgan fingerprint density at radius 3 is 3.00 bits per heavy atom. The summed E-state index contributed by atoms with van der Waals surface area (Å²) in [6.45, 7) is 1.91. The first-order valence-electron chi connectivity index (χ1n) is 5.06. The average molecular weight is 229 g/mol. The smallest absolute Gasteiger partial charge is 0.294 e. The van der Waals surface area contributed by atoms with E-state index < -0.39 is 0 Å². The highest BCUT2D eigenvalue weighted by molar-refractivity contribution is 7.13. The standard InChI is InChI=1S/C9H15N3O2S/c1-13-4-5-14-9-12-11-8(15-9)6-10-7-2-3-7/h7,10H,2-6H2,1H3. The zero-order chi connectivity index (χ0) is 10.5. The Kier molecular flexibility index (Phi) is 3.87. The van der Waals surface area contributed by atoms with Crippen molar-refractivity contribution in [3.05, 3.63) is 5.01 Å². The molecule has 15 heavy (non-hydrogen) atoms. The van der Waals surface area contributed by atoms with Crippen molar-refractivity contribution < 1.29 is 9.47 Å². The van der Waals surface area contributed by atoms with Crippen LogP contribution in [0.2, 0.25) is 0 Å². The summed E-state index contributed by atoms with van der Waals surface area (Å²) in [7, 11) is 1.65. The summed E-state index contributed by atoms with van der Waals surface area (Å²) < 4.78 is 10.2. The number of ether oxygens (including phenoxy) is 2. The summed E-state index contributed by atoms with van der Waals surface area (Å²) in [5, 5.41) is 13.0. The molecule has 1 heterocycles. The zero-order valence-electron chi connectivity index (χ0n) is 8.73. The summed E-state index contributed by atoms with van der Waals surface area (Å²) in [6, 6.07) is 0.701. The van der Waals surface area contributed by atoms with Gasteiger partial charge in [-0.2, -0.15) is 0 Å². The lowest BCUT2D eigenvalue weighted by Crippen LogP contribution is -2.14. The highest BCUT2D eigenvalue weighted by atomic mass is 32.1. The van der Waals surface area contributed by atoms with Crippen molar-refractivity contribution in [2.24, 2.45) is 0 Å². The molecule has 1 N–H and O–H groups in total. The van der Waals surface area contributed by atoms with E-state index in [1.165, 1.54) is 24.2 Å². The molecule has 84 valence electrons. The van der Waals surface area contributed by atoms with E-state index in [1.54, 1.807) is 7.11 Å². The van der Waals surface area contributed by atoms with Gasteiger partial charge in [-0.15, -0.1) is 10.2 Å². The van der Waals surface area contributed by atoms with Crippen molar-refractivity contribution in [1.29, 1.82) is 0 Å². The molecule has 0 aliphatic heterocycles. The van der Waals surface area contributed by atoms with Crippen molar-refractivity contribution in [2.75, 3.05) is 20.3 Å². The summed E-state index contributed by atoms with van der Waals surface area (Å²) in [6.07, 6.45) is 2.58. The minimum atomic E-state index is 0.529. The summed E-state index contributed by atoms with van der Waals surface area (Å²) in [4.78, 5) is 0. The lowest BCUT2D eigenvalue weighted by molar-refractivity contribution is 0.145. The number of aromatic nitrogens is 2. The second-order valence-electron chi connectivity index (χ2n) is 3.46. The maximum atomic E-state index is 5.34. The second kappa shape index (κ2) is 5.39. The highest BCUT2D eigenvalue weighted by Crippen LogP contribution is 2.21. The van der Waals surface area contributed by atoms with Crippen LogP contribution in [0.15, 0.2) is 0 Å². The highest BCUT2D eigenvalue weighted by Gasteiger charge is 2.20. The minimum absolute atomic E-state index is 0.529. The third kappa shape index (κ3) is 3.73. The van der Waals surface area contributed by atoms with Gasteiger partial charge >= 0.3 is 0 Å². The Morgan fingerprint density at radius 1 is 1.40 bits per heavy atom. The lowest BCUT2D eigenvalue weighted by Gasteiger charge is -1.98. The maximum absolute atomic E-state index is 5.34. The van der Waals surface area contributed by atoms with Gasteiger partial charge in [0.25, 0.3) is 5.19 Å². The molecule has 0 saturated heterocycles. The van der Waals surface area contributed by atoms with Crippen LogP contribution in [-0.2, 0) is 11.3 Å². The van der Waals surface area contributed by atoms with Crippen LogP contribution in [0.4, 0.5) is 0 Å². The number of nitrogens with one attached hydrogen (secondary N) is 1. The Labute approximate surface area is 92.8 Å². The predicted molar refractivity (Wildman–Crippen MR) is 57.1 cm³/mol. The van der Waals surface area contributed by atoms with Crippen molar-refractivity contribution in [2.45, 2.75) is 25.4 Å². The topological polar surface area (TPSA) is 56.3 Å². The molecule has 1 aromatic rings. The Balaban J connectivity index is 1.70. The van der Waals surface area contributed by atoms with Crippen molar-refractivity contribution >= 4 is 11.3 Å². The Morgan fingerprint density at radius 2 is 2.27 bits per heavy atom. The minimum Gasteiger partial charge on any atom is -0.466 e. The number of nitrogens with zero attached hydrogens (tertiary/aromatic N) is 2. The van der Waals surface area contributed by atoms with E-state index in [0.717, 1.165) is 11.6 Å². The molecule has 1 aliphatic rings. The molecular formula is C9H15N3O2S. The van der Waals surface area contributed by atoms with Crippen LogP contribution in [0.25, 0.3) is 0 Å². The molecule has 1 fully saturated rings. The third-order valence-electron chi connectivity index (χ3n) is 2.08. The number of methoxy groups -OCH3 is 1. The van der Waals surface area contributed by atoms with E-state index in [4.69, 9.17) is 9.47 Å². The van der Waals surface area contributed by atoms with Crippen molar-refractivity contribution in [1.82, 2.24) is 15.5 Å². The normalized spacial score (nSPS) is 15.5. The molecule has 0 bridgehead atoms. The molecular weight excluding hydrogens is 214 g/mol. The van der Waals surface area contributed by atoms with E-state index in [-0.39, 0.29) is 0 Å². The molecule has 6 heteroatoms. The number of hydrogen-bond acceptors (Lipinski definition) is 6. The molecule has 5 nitrogen and oxygen atoms in total. The number of rotatable bonds is 7. The Bertz CT molecular complexity index is 301. The second-order valence-corrected chi connectivity index (χ2v) is 4.48. The fraction of sp³-hybridized carbons (Fsp3) is 0.778. The van der Waals surface area contributed by atoms with Gasteiger partial charge in [-0.05, 0) is 12.8 Å². The van der Waals surface area contributed by atoms with Crippen LogP contribution < -0.4 is 10.1 Å². The van der Waals surface area contributed by atoms with Crippen molar-refractivity contribution in [3.8, 4) is 5.19 Å². The van der Waals surface area contributed by atoms with E-state index in [2.05, 4.69) is 15.5 Å². The largest absolute Gasteiger partial charge is 0.466 e. The van der Waals surface area contributed by atoms with Crippen LogP contribution in [0.5, 0.6) is 5.19 Å². The molecule has 1 aliphatic carbocycles. The van der Waals surface area contributed by atoms with Crippen LogP contribution in [-0.4, -0.2) is 36.6 Å². The lowest BCUT2D eigenvalue weighted by atomic mass is 10.6. The average Bonchev–Trinajstić information content (AvgIpc) is 2.97. The van der Waals surface area contributed by atoms with E-state index >= 15 is 0 Å². The van der Waals surface area contributed by atoms with Crippen LogP contribution in [0.3, 0.4) is 0 Å². The quantitative estimate of drug-likeness (QED) is 0.701. The molecule has 0 aromatic carbocycles. The number of hydrogen-bond donors (Lipinski definition) is 1. The molecule has 0 amide bonds. The SMILES string of the molecule is COCCOc1nnc(CNC2CC2)s1. The van der Waals surface area contributed by atoms with Gasteiger partial charge in [0.05, 0.1) is 13.2 Å². The fourth-order valence-electron chi connectivity index (χ4n) is 1.10. The first-order valence-corrected chi connectivity index (χ1v) is 5.87. The monoisotopic (exact) mass is 229 g/mol. The van der Waals surface area contributed by atoms with Gasteiger partial charge < -0.3 is 14.8 Å². The molecule has 1 saturated carbocycles.